The first kappa shape index (κ1) is 18.7. The van der Waals surface area contributed by atoms with Crippen LogP contribution in [0.15, 0.2) is 36.5 Å². The molecule has 3 aromatic rings. The number of nitrogens with zero attached hydrogens (tertiary/aromatic N) is 4. The van der Waals surface area contributed by atoms with Gasteiger partial charge in [-0.3, -0.25) is 10.00 Å². The van der Waals surface area contributed by atoms with Crippen LogP contribution in [0.1, 0.15) is 13.8 Å². The van der Waals surface area contributed by atoms with Crippen LogP contribution in [-0.2, 0) is 0 Å². The predicted molar refractivity (Wildman–Crippen MR) is 111 cm³/mol. The first-order valence-corrected chi connectivity index (χ1v) is 9.83. The molecule has 28 heavy (non-hydrogen) atoms. The summed E-state index contributed by atoms with van der Waals surface area (Å²) < 4.78 is 5.85. The van der Waals surface area contributed by atoms with Crippen molar-refractivity contribution in [3.8, 4) is 17.0 Å². The van der Waals surface area contributed by atoms with E-state index in [1.165, 1.54) is 0 Å². The monoisotopic (exact) mass is 381 g/mol. The van der Waals surface area contributed by atoms with E-state index in [1.54, 1.807) is 0 Å². The second-order valence-electron chi connectivity index (χ2n) is 7.40. The molecule has 2 N–H and O–H groups in total. The van der Waals surface area contributed by atoms with E-state index in [-0.39, 0.29) is 12.7 Å². The summed E-state index contributed by atoms with van der Waals surface area (Å²) in [5.41, 5.74) is 2.93. The maximum absolute atomic E-state index is 9.11. The van der Waals surface area contributed by atoms with Gasteiger partial charge in [-0.05, 0) is 44.2 Å². The molecule has 0 unspecified atom stereocenters. The zero-order valence-corrected chi connectivity index (χ0v) is 16.4. The van der Waals surface area contributed by atoms with Crippen molar-refractivity contribution in [2.24, 2.45) is 0 Å². The molecule has 0 saturated carbocycles. The van der Waals surface area contributed by atoms with Gasteiger partial charge in [0.05, 0.1) is 18.2 Å². The first-order chi connectivity index (χ1) is 13.6. The number of anilines is 1. The summed E-state index contributed by atoms with van der Waals surface area (Å²) in [5.74, 6) is 1.81. The maximum atomic E-state index is 9.11. The van der Waals surface area contributed by atoms with E-state index in [0.29, 0.717) is 0 Å². The number of β-amino-alcohol motifs (C(OH)–C–C–N with tert-alkyl or cyclic N) is 1. The van der Waals surface area contributed by atoms with E-state index < -0.39 is 0 Å². The summed E-state index contributed by atoms with van der Waals surface area (Å²) in [6, 6.07) is 10.1. The molecule has 0 aliphatic carbocycles. The third kappa shape index (κ3) is 3.95. The Labute approximate surface area is 164 Å². The summed E-state index contributed by atoms with van der Waals surface area (Å²) in [6.07, 6.45) is 1.98. The lowest BCUT2D eigenvalue weighted by atomic mass is 10.1. The zero-order valence-electron chi connectivity index (χ0n) is 16.4. The second kappa shape index (κ2) is 8.16. The highest BCUT2D eigenvalue weighted by atomic mass is 16.5. The number of nitrogens with one attached hydrogen (secondary N) is 1. The zero-order chi connectivity index (χ0) is 19.5. The second-order valence-corrected chi connectivity index (χ2v) is 7.40. The lowest BCUT2D eigenvalue weighted by Crippen LogP contribution is -2.47. The van der Waals surface area contributed by atoms with Crippen LogP contribution in [0.25, 0.3) is 22.2 Å². The Bertz CT molecular complexity index is 931. The van der Waals surface area contributed by atoms with E-state index in [9.17, 15) is 0 Å². The fraction of sp³-hybridized carbons (Fsp3) is 0.429. The van der Waals surface area contributed by atoms with Crippen molar-refractivity contribution in [2.45, 2.75) is 20.0 Å². The quantitative estimate of drug-likeness (QED) is 0.683. The first-order valence-electron chi connectivity index (χ1n) is 9.83. The van der Waals surface area contributed by atoms with Crippen molar-refractivity contribution in [2.75, 3.05) is 44.2 Å². The molecule has 3 heterocycles. The number of aliphatic hydroxyl groups is 1. The van der Waals surface area contributed by atoms with Crippen LogP contribution in [-0.4, -0.2) is 70.6 Å². The van der Waals surface area contributed by atoms with E-state index >= 15 is 0 Å². The summed E-state index contributed by atoms with van der Waals surface area (Å²) >= 11 is 0. The molecular formula is C21H27N5O2. The maximum Gasteiger partial charge on any atom is 0.129 e. The van der Waals surface area contributed by atoms with E-state index in [4.69, 9.17) is 9.84 Å². The minimum atomic E-state index is 0.129. The molecular weight excluding hydrogens is 354 g/mol. The number of H-pyrrole nitrogens is 1. The molecule has 1 aliphatic heterocycles. The average Bonchev–Trinajstić information content (AvgIpc) is 3.12. The molecule has 0 bridgehead atoms. The number of aliphatic hydroxyl groups excluding tert-OH is 1. The number of hydrogen-bond donors (Lipinski definition) is 2. The summed E-state index contributed by atoms with van der Waals surface area (Å²) in [7, 11) is 0. The number of fused-ring (bicyclic) bond motifs is 1. The molecule has 7 nitrogen and oxygen atoms in total. The van der Waals surface area contributed by atoms with Crippen LogP contribution in [0.3, 0.4) is 0 Å². The average molecular weight is 381 g/mol. The molecule has 7 heteroatoms. The minimum absolute atomic E-state index is 0.129. The number of rotatable bonds is 6. The topological polar surface area (TPSA) is 77.5 Å². The lowest BCUT2D eigenvalue weighted by Gasteiger charge is -2.35. The molecule has 0 radical (unpaired) electrons. The SMILES string of the molecule is CC(C)Oc1ccc2[nH]nc(-c3ccnc(N4CCN(CCO)CC4)c3)c2c1. The number of benzene rings is 1. The molecule has 0 amide bonds. The Balaban J connectivity index is 1.59. The normalized spacial score (nSPS) is 15.5. The molecule has 1 aliphatic rings. The predicted octanol–water partition coefficient (Wildman–Crippen LogP) is 2.53. The van der Waals surface area contributed by atoms with Crippen LogP contribution >= 0.6 is 0 Å². The summed E-state index contributed by atoms with van der Waals surface area (Å²) in [6.45, 7) is 8.69. The Kier molecular flexibility index (Phi) is 5.45. The molecule has 2 aromatic heterocycles. The van der Waals surface area contributed by atoms with Crippen molar-refractivity contribution in [3.05, 3.63) is 36.5 Å². The summed E-state index contributed by atoms with van der Waals surface area (Å²) in [5, 5.41) is 17.8. The molecule has 1 saturated heterocycles. The lowest BCUT2D eigenvalue weighted by molar-refractivity contribution is 0.188. The van der Waals surface area contributed by atoms with Gasteiger partial charge in [-0.2, -0.15) is 5.10 Å². The van der Waals surface area contributed by atoms with Gasteiger partial charge in [0.1, 0.15) is 17.3 Å². The minimum Gasteiger partial charge on any atom is -0.491 e. The number of aromatic nitrogens is 3. The standard InChI is InChI=1S/C21H27N5O2/c1-15(2)28-17-3-4-19-18(14-17)21(24-23-19)16-5-6-22-20(13-16)26-9-7-25(8-10-26)11-12-27/h3-6,13-15,27H,7-12H2,1-2H3,(H,23,24). The molecule has 0 atom stereocenters. The van der Waals surface area contributed by atoms with Crippen LogP contribution in [0.2, 0.25) is 0 Å². The van der Waals surface area contributed by atoms with Gasteiger partial charge < -0.3 is 14.7 Å². The number of ether oxygens (including phenoxy) is 1. The van der Waals surface area contributed by atoms with Crippen LogP contribution < -0.4 is 9.64 Å². The fourth-order valence-corrected chi connectivity index (χ4v) is 3.64. The number of pyridine rings is 1. The third-order valence-corrected chi connectivity index (χ3v) is 5.04. The van der Waals surface area contributed by atoms with Gasteiger partial charge in [-0.15, -0.1) is 0 Å². The van der Waals surface area contributed by atoms with Crippen LogP contribution in [0, 0.1) is 0 Å². The highest BCUT2D eigenvalue weighted by Crippen LogP contribution is 2.31. The van der Waals surface area contributed by atoms with Crippen molar-refractivity contribution >= 4 is 16.7 Å². The van der Waals surface area contributed by atoms with Crippen LogP contribution in [0.5, 0.6) is 5.75 Å². The Hall–Kier alpha value is -2.64. The van der Waals surface area contributed by atoms with Gasteiger partial charge in [0.2, 0.25) is 0 Å². The van der Waals surface area contributed by atoms with E-state index in [2.05, 4.69) is 31.0 Å². The highest BCUT2D eigenvalue weighted by Gasteiger charge is 2.18. The highest BCUT2D eigenvalue weighted by molar-refractivity contribution is 5.94. The Morgan fingerprint density at radius 3 is 2.71 bits per heavy atom. The molecule has 1 aromatic carbocycles. The van der Waals surface area contributed by atoms with Crippen molar-refractivity contribution in [1.29, 1.82) is 0 Å². The van der Waals surface area contributed by atoms with Gasteiger partial charge in [0, 0.05) is 49.9 Å². The molecule has 0 spiro atoms. The van der Waals surface area contributed by atoms with Crippen molar-refractivity contribution in [3.63, 3.8) is 0 Å². The van der Waals surface area contributed by atoms with Crippen LogP contribution in [0.4, 0.5) is 5.82 Å². The van der Waals surface area contributed by atoms with E-state index in [0.717, 1.165) is 66.5 Å². The Morgan fingerprint density at radius 2 is 1.96 bits per heavy atom. The number of piperazine rings is 1. The third-order valence-electron chi connectivity index (χ3n) is 5.04. The van der Waals surface area contributed by atoms with Gasteiger partial charge in [0.15, 0.2) is 0 Å². The largest absolute Gasteiger partial charge is 0.491 e. The van der Waals surface area contributed by atoms with Crippen molar-refractivity contribution < 1.29 is 9.84 Å². The molecule has 1 fully saturated rings. The number of aromatic amines is 1. The van der Waals surface area contributed by atoms with Gasteiger partial charge in [-0.1, -0.05) is 0 Å². The molecule has 4 rings (SSSR count). The Morgan fingerprint density at radius 1 is 1.14 bits per heavy atom. The summed E-state index contributed by atoms with van der Waals surface area (Å²) in [4.78, 5) is 9.14. The van der Waals surface area contributed by atoms with E-state index in [1.807, 2.05) is 44.3 Å². The van der Waals surface area contributed by atoms with Crippen molar-refractivity contribution in [1.82, 2.24) is 20.1 Å². The van der Waals surface area contributed by atoms with Gasteiger partial charge in [0.25, 0.3) is 0 Å². The smallest absolute Gasteiger partial charge is 0.129 e. The molecule has 148 valence electrons. The van der Waals surface area contributed by atoms with Gasteiger partial charge in [-0.25, -0.2) is 4.98 Å². The number of hydrogen-bond acceptors (Lipinski definition) is 6. The fourth-order valence-electron chi connectivity index (χ4n) is 3.64. The van der Waals surface area contributed by atoms with Gasteiger partial charge >= 0.3 is 0 Å².